The molecule has 0 saturated carbocycles. The SMILES string of the molecule is CCCCC/C=C/CC/C=C/CC/C=C/C(O)C(CO)NC(=O)CCCCCCCCCCCCCCCCCCCCCCCCCCCCCCCCCCCCCCCCC. The molecule has 0 saturated heterocycles. The van der Waals surface area contributed by atoms with Crippen molar-refractivity contribution in [3.63, 3.8) is 0 Å². The van der Waals surface area contributed by atoms with Gasteiger partial charge in [0, 0.05) is 6.42 Å². The third-order valence-corrected chi connectivity index (χ3v) is 13.6. The number of amides is 1. The number of carbonyl (C=O) groups excluding carboxylic acids is 1. The second-order valence-corrected chi connectivity index (χ2v) is 20.1. The Bertz CT molecular complexity index is 974. The van der Waals surface area contributed by atoms with Gasteiger partial charge in [-0.15, -0.1) is 0 Å². The van der Waals surface area contributed by atoms with Crippen LogP contribution in [0.2, 0.25) is 0 Å². The third kappa shape index (κ3) is 51.6. The molecule has 0 aliphatic rings. The zero-order chi connectivity index (χ0) is 46.3. The lowest BCUT2D eigenvalue weighted by Crippen LogP contribution is -2.45. The number of aliphatic hydroxyl groups excluding tert-OH is 2. The molecule has 378 valence electrons. The summed E-state index contributed by atoms with van der Waals surface area (Å²) in [7, 11) is 0. The van der Waals surface area contributed by atoms with Gasteiger partial charge < -0.3 is 15.5 Å². The van der Waals surface area contributed by atoms with Crippen molar-refractivity contribution in [3.8, 4) is 0 Å². The number of aliphatic hydroxyl groups is 2. The molecule has 0 aliphatic carbocycles. The van der Waals surface area contributed by atoms with Crippen LogP contribution in [0.15, 0.2) is 36.5 Å². The molecule has 0 aliphatic heterocycles. The lowest BCUT2D eigenvalue weighted by molar-refractivity contribution is -0.123. The van der Waals surface area contributed by atoms with Gasteiger partial charge in [-0.1, -0.05) is 307 Å². The molecule has 2 unspecified atom stereocenters. The van der Waals surface area contributed by atoms with Gasteiger partial charge in [-0.3, -0.25) is 4.79 Å². The van der Waals surface area contributed by atoms with E-state index in [9.17, 15) is 15.0 Å². The molecule has 0 spiro atoms. The van der Waals surface area contributed by atoms with Crippen molar-refractivity contribution in [1.82, 2.24) is 5.32 Å². The number of unbranched alkanes of at least 4 members (excludes halogenated alkanes) is 43. The van der Waals surface area contributed by atoms with Crippen LogP contribution >= 0.6 is 0 Å². The zero-order valence-corrected chi connectivity index (χ0v) is 43.6. The molecule has 0 aromatic carbocycles. The van der Waals surface area contributed by atoms with E-state index in [1.165, 1.54) is 263 Å². The first-order valence-corrected chi connectivity index (χ1v) is 29.2. The molecule has 2 atom stereocenters. The minimum atomic E-state index is -0.867. The molecule has 0 fully saturated rings. The molecule has 0 heterocycles. The Labute approximate surface area is 402 Å². The third-order valence-electron chi connectivity index (χ3n) is 13.6. The maximum atomic E-state index is 12.4. The molecule has 0 aromatic rings. The van der Waals surface area contributed by atoms with Crippen molar-refractivity contribution in [1.29, 1.82) is 0 Å². The number of allylic oxidation sites excluding steroid dienone is 5. The quantitative estimate of drug-likeness (QED) is 0.0421. The van der Waals surface area contributed by atoms with Crippen molar-refractivity contribution >= 4 is 5.91 Å². The van der Waals surface area contributed by atoms with Crippen LogP contribution in [-0.2, 0) is 4.79 Å². The summed E-state index contributed by atoms with van der Waals surface area (Å²) >= 11 is 0. The molecular weight excluding hydrogens is 783 g/mol. The van der Waals surface area contributed by atoms with E-state index in [0.29, 0.717) is 6.42 Å². The summed E-state index contributed by atoms with van der Waals surface area (Å²) in [5.41, 5.74) is 0. The first kappa shape index (κ1) is 62.6. The van der Waals surface area contributed by atoms with Crippen molar-refractivity contribution in [2.24, 2.45) is 0 Å². The molecule has 0 bridgehead atoms. The Balaban J connectivity index is 3.36. The molecule has 64 heavy (non-hydrogen) atoms. The van der Waals surface area contributed by atoms with E-state index in [0.717, 1.165) is 38.5 Å². The van der Waals surface area contributed by atoms with Crippen molar-refractivity contribution < 1.29 is 15.0 Å². The average molecular weight is 899 g/mol. The van der Waals surface area contributed by atoms with Crippen LogP contribution in [0.1, 0.15) is 322 Å². The highest BCUT2D eigenvalue weighted by atomic mass is 16.3. The molecule has 0 aromatic heterocycles. The van der Waals surface area contributed by atoms with Crippen LogP contribution in [-0.4, -0.2) is 34.9 Å². The smallest absolute Gasteiger partial charge is 0.220 e. The monoisotopic (exact) mass is 898 g/mol. The molecule has 0 rings (SSSR count). The van der Waals surface area contributed by atoms with Gasteiger partial charge >= 0.3 is 0 Å². The van der Waals surface area contributed by atoms with Gasteiger partial charge in [0.15, 0.2) is 0 Å². The molecule has 4 nitrogen and oxygen atoms in total. The fourth-order valence-corrected chi connectivity index (χ4v) is 9.16. The van der Waals surface area contributed by atoms with E-state index in [1.807, 2.05) is 6.08 Å². The second kappa shape index (κ2) is 55.9. The molecule has 3 N–H and O–H groups in total. The second-order valence-electron chi connectivity index (χ2n) is 20.1. The van der Waals surface area contributed by atoms with Crippen LogP contribution in [0.5, 0.6) is 0 Å². The number of hydrogen-bond donors (Lipinski definition) is 3. The molecule has 1 amide bonds. The van der Waals surface area contributed by atoms with Crippen molar-refractivity contribution in [2.75, 3.05) is 6.61 Å². The summed E-state index contributed by atoms with van der Waals surface area (Å²) in [6.07, 6.45) is 76.3. The molecule has 0 radical (unpaired) electrons. The largest absolute Gasteiger partial charge is 0.394 e. The van der Waals surface area contributed by atoms with Crippen LogP contribution in [0.25, 0.3) is 0 Å². The minimum Gasteiger partial charge on any atom is -0.394 e. The standard InChI is InChI=1S/C60H115NO3/c1-3-5-7-9-11-13-15-17-18-19-20-21-22-23-24-25-26-27-28-29-30-31-32-33-34-35-36-37-38-39-40-41-42-44-46-48-50-52-54-56-60(64)61-58(57-62)59(63)55-53-51-49-47-45-43-16-14-12-10-8-6-4-2/h12,14,45,47,53,55,58-59,62-63H,3-11,13,15-44,46,48-52,54,56-57H2,1-2H3,(H,61,64)/b14-12+,47-45+,55-53+. The van der Waals surface area contributed by atoms with E-state index < -0.39 is 12.1 Å². The molecular formula is C60H115NO3. The van der Waals surface area contributed by atoms with Gasteiger partial charge in [0.1, 0.15) is 0 Å². The van der Waals surface area contributed by atoms with Gasteiger partial charge in [0.05, 0.1) is 18.8 Å². The number of hydrogen-bond acceptors (Lipinski definition) is 3. The predicted octanol–water partition coefficient (Wildman–Crippen LogP) is 19.3. The maximum absolute atomic E-state index is 12.4. The number of nitrogens with one attached hydrogen (secondary N) is 1. The Morgan fingerprint density at radius 2 is 0.609 bits per heavy atom. The van der Waals surface area contributed by atoms with Crippen LogP contribution < -0.4 is 5.32 Å². The average Bonchev–Trinajstić information content (AvgIpc) is 3.30. The summed E-state index contributed by atoms with van der Waals surface area (Å²) in [5.74, 6) is -0.0737. The van der Waals surface area contributed by atoms with Gasteiger partial charge in [-0.25, -0.2) is 0 Å². The number of rotatable bonds is 54. The topological polar surface area (TPSA) is 69.6 Å². The van der Waals surface area contributed by atoms with Gasteiger partial charge in [-0.05, 0) is 44.9 Å². The fourth-order valence-electron chi connectivity index (χ4n) is 9.16. The molecule has 4 heteroatoms. The van der Waals surface area contributed by atoms with E-state index in [4.69, 9.17) is 0 Å². The summed E-state index contributed by atoms with van der Waals surface area (Å²) in [4.78, 5) is 12.4. The highest BCUT2D eigenvalue weighted by molar-refractivity contribution is 5.76. The lowest BCUT2D eigenvalue weighted by Gasteiger charge is -2.19. The highest BCUT2D eigenvalue weighted by Crippen LogP contribution is 2.18. The fraction of sp³-hybridized carbons (Fsp3) is 0.883. The number of carbonyl (C=O) groups is 1. The predicted molar refractivity (Wildman–Crippen MR) is 285 cm³/mol. The first-order chi connectivity index (χ1) is 31.7. The summed E-state index contributed by atoms with van der Waals surface area (Å²) < 4.78 is 0. The Morgan fingerprint density at radius 3 is 0.906 bits per heavy atom. The first-order valence-electron chi connectivity index (χ1n) is 29.2. The van der Waals surface area contributed by atoms with E-state index >= 15 is 0 Å². The zero-order valence-electron chi connectivity index (χ0n) is 43.6. The Kier molecular flexibility index (Phi) is 54.7. The normalized spacial score (nSPS) is 13.0. The maximum Gasteiger partial charge on any atom is 0.220 e. The van der Waals surface area contributed by atoms with Crippen LogP contribution in [0.3, 0.4) is 0 Å². The summed E-state index contributed by atoms with van der Waals surface area (Å²) in [5, 5.41) is 23.0. The summed E-state index contributed by atoms with van der Waals surface area (Å²) in [6.45, 7) is 4.28. The Hall–Kier alpha value is -1.39. The minimum absolute atomic E-state index is 0.0737. The van der Waals surface area contributed by atoms with Crippen molar-refractivity contribution in [2.45, 2.75) is 334 Å². The lowest BCUT2D eigenvalue weighted by atomic mass is 10.0. The summed E-state index contributed by atoms with van der Waals surface area (Å²) in [6, 6.07) is -0.643. The Morgan fingerprint density at radius 1 is 0.359 bits per heavy atom. The van der Waals surface area contributed by atoms with Gasteiger partial charge in [-0.2, -0.15) is 0 Å². The van der Waals surface area contributed by atoms with Gasteiger partial charge in [0.2, 0.25) is 5.91 Å². The van der Waals surface area contributed by atoms with E-state index in [-0.39, 0.29) is 12.5 Å². The van der Waals surface area contributed by atoms with E-state index in [1.54, 1.807) is 6.08 Å². The van der Waals surface area contributed by atoms with Gasteiger partial charge in [0.25, 0.3) is 0 Å². The van der Waals surface area contributed by atoms with E-state index in [2.05, 4.69) is 43.5 Å². The highest BCUT2D eigenvalue weighted by Gasteiger charge is 2.18. The van der Waals surface area contributed by atoms with Crippen LogP contribution in [0.4, 0.5) is 0 Å². The van der Waals surface area contributed by atoms with Crippen LogP contribution in [0, 0.1) is 0 Å². The van der Waals surface area contributed by atoms with Crippen molar-refractivity contribution in [3.05, 3.63) is 36.5 Å².